The molecule has 0 aliphatic rings. The van der Waals surface area contributed by atoms with Crippen LogP contribution in [-0.4, -0.2) is 32.6 Å². The van der Waals surface area contributed by atoms with Crippen molar-refractivity contribution in [3.63, 3.8) is 0 Å². The Balaban J connectivity index is 2.11. The van der Waals surface area contributed by atoms with Crippen molar-refractivity contribution in [1.82, 2.24) is 20.0 Å². The van der Waals surface area contributed by atoms with E-state index in [0.717, 1.165) is 5.56 Å². The van der Waals surface area contributed by atoms with Gasteiger partial charge in [0.1, 0.15) is 0 Å². The highest BCUT2D eigenvalue weighted by atomic mass is 35.5. The molecule has 2 heterocycles. The minimum absolute atomic E-state index is 0.318. The second kappa shape index (κ2) is 6.10. The normalized spacial score (nSPS) is 10.8. The summed E-state index contributed by atoms with van der Waals surface area (Å²) in [6.45, 7) is 2.10. The maximum atomic E-state index is 11.2. The van der Waals surface area contributed by atoms with Gasteiger partial charge in [0, 0.05) is 17.8 Å². The molecule has 0 unspecified atom stereocenters. The summed E-state index contributed by atoms with van der Waals surface area (Å²) in [4.78, 5) is 11.2. The number of carbonyl (C=O) groups excluding carboxylic acids is 1. The molecular weight excluding hydrogens is 268 g/mol. The summed E-state index contributed by atoms with van der Waals surface area (Å²) in [5, 5.41) is 12.0. The molecule has 0 spiro atoms. The van der Waals surface area contributed by atoms with E-state index < -0.39 is 0 Å². The van der Waals surface area contributed by atoms with E-state index >= 15 is 0 Å². The van der Waals surface area contributed by atoms with Gasteiger partial charge in [-0.25, -0.2) is 9.48 Å². The zero-order chi connectivity index (χ0) is 13.7. The first kappa shape index (κ1) is 13.2. The Labute approximate surface area is 114 Å². The molecule has 0 saturated carbocycles. The largest absolute Gasteiger partial charge is 0.463 e. The van der Waals surface area contributed by atoms with Gasteiger partial charge < -0.3 is 4.74 Å². The van der Waals surface area contributed by atoms with Crippen LogP contribution in [0.5, 0.6) is 0 Å². The minimum atomic E-state index is -0.387. The van der Waals surface area contributed by atoms with E-state index in [1.165, 1.54) is 10.8 Å². The third-order valence-corrected chi connectivity index (χ3v) is 2.36. The van der Waals surface area contributed by atoms with Crippen LogP contribution in [0.4, 0.5) is 0 Å². The van der Waals surface area contributed by atoms with Gasteiger partial charge in [-0.15, -0.1) is 10.2 Å². The topological polar surface area (TPSA) is 69.9 Å². The highest BCUT2D eigenvalue weighted by Crippen LogP contribution is 2.08. The van der Waals surface area contributed by atoms with Gasteiger partial charge in [-0.2, -0.15) is 5.10 Å². The lowest BCUT2D eigenvalue weighted by molar-refractivity contribution is -0.137. The lowest BCUT2D eigenvalue weighted by atomic mass is 10.3. The number of hydrogen-bond acceptors (Lipinski definition) is 5. The summed E-state index contributed by atoms with van der Waals surface area (Å²) < 4.78 is 6.31. The first-order valence-electron chi connectivity index (χ1n) is 5.58. The van der Waals surface area contributed by atoms with Gasteiger partial charge in [0.25, 0.3) is 0 Å². The van der Waals surface area contributed by atoms with Crippen molar-refractivity contribution < 1.29 is 9.53 Å². The fourth-order valence-corrected chi connectivity index (χ4v) is 1.43. The standard InChI is InChI=1S/C12H11ClN4O2/c1-2-19-12(18)6-3-9-7-14-17(8-9)11-5-4-10(13)15-16-11/h3-8H,2H2,1H3. The first-order chi connectivity index (χ1) is 9.19. The van der Waals surface area contributed by atoms with E-state index in [9.17, 15) is 4.79 Å². The predicted octanol–water partition coefficient (Wildman–Crippen LogP) is 1.89. The number of aromatic nitrogens is 4. The van der Waals surface area contributed by atoms with E-state index in [1.807, 2.05) is 0 Å². The van der Waals surface area contributed by atoms with Crippen LogP contribution in [-0.2, 0) is 9.53 Å². The second-order valence-electron chi connectivity index (χ2n) is 3.52. The molecule has 98 valence electrons. The van der Waals surface area contributed by atoms with Crippen LogP contribution < -0.4 is 0 Å². The Morgan fingerprint density at radius 1 is 1.47 bits per heavy atom. The van der Waals surface area contributed by atoms with Crippen molar-refractivity contribution in [1.29, 1.82) is 0 Å². The van der Waals surface area contributed by atoms with Gasteiger partial charge in [-0.1, -0.05) is 11.6 Å². The van der Waals surface area contributed by atoms with Gasteiger partial charge in [0.15, 0.2) is 11.0 Å². The van der Waals surface area contributed by atoms with Gasteiger partial charge in [0.05, 0.1) is 12.8 Å². The Morgan fingerprint density at radius 2 is 2.32 bits per heavy atom. The monoisotopic (exact) mass is 278 g/mol. The highest BCUT2D eigenvalue weighted by molar-refractivity contribution is 6.29. The molecule has 0 bridgehead atoms. The molecule has 19 heavy (non-hydrogen) atoms. The molecule has 7 heteroatoms. The number of rotatable bonds is 4. The molecule has 2 rings (SSSR count). The third kappa shape index (κ3) is 3.62. The number of esters is 1. The molecular formula is C12H11ClN4O2. The maximum Gasteiger partial charge on any atom is 0.330 e. The van der Waals surface area contributed by atoms with Crippen molar-refractivity contribution in [2.45, 2.75) is 6.92 Å². The van der Waals surface area contributed by atoms with Gasteiger partial charge in [-0.3, -0.25) is 0 Å². The molecule has 0 amide bonds. The van der Waals surface area contributed by atoms with E-state index in [2.05, 4.69) is 15.3 Å². The molecule has 0 saturated heterocycles. The molecule has 0 atom stereocenters. The fraction of sp³-hybridized carbons (Fsp3) is 0.167. The molecule has 0 fully saturated rings. The third-order valence-electron chi connectivity index (χ3n) is 2.15. The van der Waals surface area contributed by atoms with E-state index in [4.69, 9.17) is 16.3 Å². The summed E-state index contributed by atoms with van der Waals surface area (Å²) in [7, 11) is 0. The molecule has 0 radical (unpaired) electrons. The van der Waals surface area contributed by atoms with Crippen molar-refractivity contribution in [3.8, 4) is 5.82 Å². The summed E-state index contributed by atoms with van der Waals surface area (Å²) in [5.74, 6) is 0.154. The number of hydrogen-bond donors (Lipinski definition) is 0. The van der Waals surface area contributed by atoms with Crippen molar-refractivity contribution >= 4 is 23.6 Å². The van der Waals surface area contributed by atoms with E-state index in [-0.39, 0.29) is 5.97 Å². The van der Waals surface area contributed by atoms with Crippen LogP contribution in [0.15, 0.2) is 30.6 Å². The first-order valence-corrected chi connectivity index (χ1v) is 5.96. The lowest BCUT2D eigenvalue weighted by Crippen LogP contribution is -1.99. The second-order valence-corrected chi connectivity index (χ2v) is 3.91. The maximum absolute atomic E-state index is 11.2. The molecule has 2 aromatic heterocycles. The number of ether oxygens (including phenoxy) is 1. The van der Waals surface area contributed by atoms with Gasteiger partial charge >= 0.3 is 5.97 Å². The Kier molecular flexibility index (Phi) is 4.25. The zero-order valence-corrected chi connectivity index (χ0v) is 10.9. The van der Waals surface area contributed by atoms with E-state index in [1.54, 1.807) is 37.5 Å². The van der Waals surface area contributed by atoms with Crippen molar-refractivity contribution in [2.75, 3.05) is 6.61 Å². The van der Waals surface area contributed by atoms with Crippen molar-refractivity contribution in [3.05, 3.63) is 41.3 Å². The average Bonchev–Trinajstić information content (AvgIpc) is 2.86. The summed E-state index contributed by atoms with van der Waals surface area (Å²) >= 11 is 5.65. The number of carbonyl (C=O) groups is 1. The minimum Gasteiger partial charge on any atom is -0.463 e. The zero-order valence-electron chi connectivity index (χ0n) is 10.2. The van der Waals surface area contributed by atoms with Gasteiger partial charge in [0.2, 0.25) is 0 Å². The Hall–Kier alpha value is -2.21. The predicted molar refractivity (Wildman–Crippen MR) is 69.8 cm³/mol. The van der Waals surface area contributed by atoms with Crippen LogP contribution >= 0.6 is 11.6 Å². The van der Waals surface area contributed by atoms with Crippen LogP contribution in [0.3, 0.4) is 0 Å². The fourth-order valence-electron chi connectivity index (χ4n) is 1.33. The summed E-state index contributed by atoms with van der Waals surface area (Å²) in [6.07, 6.45) is 6.28. The molecule has 0 aliphatic carbocycles. The van der Waals surface area contributed by atoms with Crippen LogP contribution in [0.25, 0.3) is 11.9 Å². The van der Waals surface area contributed by atoms with Crippen LogP contribution in [0.1, 0.15) is 12.5 Å². The van der Waals surface area contributed by atoms with Crippen LogP contribution in [0, 0.1) is 0 Å². The Bertz CT molecular complexity index is 592. The molecule has 6 nitrogen and oxygen atoms in total. The van der Waals surface area contributed by atoms with Crippen molar-refractivity contribution in [2.24, 2.45) is 0 Å². The Morgan fingerprint density at radius 3 is 3.00 bits per heavy atom. The van der Waals surface area contributed by atoms with E-state index in [0.29, 0.717) is 17.6 Å². The molecule has 2 aromatic rings. The smallest absolute Gasteiger partial charge is 0.330 e. The quantitative estimate of drug-likeness (QED) is 0.631. The SMILES string of the molecule is CCOC(=O)C=Cc1cnn(-c2ccc(Cl)nn2)c1. The molecule has 0 N–H and O–H groups in total. The molecule has 0 aliphatic heterocycles. The van der Waals surface area contributed by atoms with Gasteiger partial charge in [-0.05, 0) is 25.1 Å². The number of halogens is 1. The highest BCUT2D eigenvalue weighted by Gasteiger charge is 2.02. The summed E-state index contributed by atoms with van der Waals surface area (Å²) in [6, 6.07) is 3.32. The lowest BCUT2D eigenvalue weighted by Gasteiger charge is -1.97. The van der Waals surface area contributed by atoms with Crippen LogP contribution in [0.2, 0.25) is 5.15 Å². The number of nitrogens with zero attached hydrogens (tertiary/aromatic N) is 4. The average molecular weight is 279 g/mol. The molecule has 0 aromatic carbocycles. The summed E-state index contributed by atoms with van der Waals surface area (Å²) in [5.41, 5.74) is 0.754.